The van der Waals surface area contributed by atoms with Gasteiger partial charge in [-0.1, -0.05) is 30.3 Å². The third-order valence-electron chi connectivity index (χ3n) is 2.92. The van der Waals surface area contributed by atoms with Gasteiger partial charge in [-0.05, 0) is 5.56 Å². The van der Waals surface area contributed by atoms with Crippen molar-refractivity contribution in [3.05, 3.63) is 35.9 Å². The van der Waals surface area contributed by atoms with Crippen LogP contribution in [0.2, 0.25) is 0 Å². The molecule has 0 aromatic heterocycles. The van der Waals surface area contributed by atoms with Crippen molar-refractivity contribution in [2.45, 2.75) is 13.0 Å². The Morgan fingerprint density at radius 2 is 1.86 bits per heavy atom. The van der Waals surface area contributed by atoms with Crippen molar-refractivity contribution >= 4 is 11.9 Å². The SMILES string of the molecule is COC(=O)C[C@](C#N)(COCc1ccccc1)C(=O)OC. The summed E-state index contributed by atoms with van der Waals surface area (Å²) >= 11 is 0. The number of methoxy groups -OCH3 is 2. The van der Waals surface area contributed by atoms with E-state index in [9.17, 15) is 14.9 Å². The van der Waals surface area contributed by atoms with Gasteiger partial charge in [0.05, 0.1) is 39.9 Å². The fourth-order valence-corrected chi connectivity index (χ4v) is 1.73. The summed E-state index contributed by atoms with van der Waals surface area (Å²) in [4.78, 5) is 23.2. The van der Waals surface area contributed by atoms with Gasteiger partial charge in [-0.15, -0.1) is 0 Å². The standard InChI is InChI=1S/C15H17NO5/c1-19-13(17)8-15(10-16,14(18)20-2)11-21-9-12-6-4-3-5-7-12/h3-7H,8-9,11H2,1-2H3/t15-/m0/s1. The maximum atomic E-state index is 11.8. The molecule has 0 unspecified atom stereocenters. The highest BCUT2D eigenvalue weighted by atomic mass is 16.5. The normalized spacial score (nSPS) is 12.8. The summed E-state index contributed by atoms with van der Waals surface area (Å²) < 4.78 is 14.5. The number of ether oxygens (including phenoxy) is 3. The highest BCUT2D eigenvalue weighted by Crippen LogP contribution is 2.25. The zero-order valence-corrected chi connectivity index (χ0v) is 12.0. The minimum absolute atomic E-state index is 0.225. The number of benzene rings is 1. The number of hydrogen-bond donors (Lipinski definition) is 0. The molecule has 0 bridgehead atoms. The van der Waals surface area contributed by atoms with Crippen LogP contribution in [0, 0.1) is 16.7 Å². The lowest BCUT2D eigenvalue weighted by atomic mass is 9.87. The van der Waals surface area contributed by atoms with Crippen molar-refractivity contribution in [2.24, 2.45) is 5.41 Å². The number of nitriles is 1. The number of carbonyl (C=O) groups is 2. The van der Waals surface area contributed by atoms with E-state index in [0.717, 1.165) is 12.7 Å². The van der Waals surface area contributed by atoms with Crippen LogP contribution in [-0.4, -0.2) is 32.8 Å². The predicted octanol–water partition coefficient (Wildman–Crippen LogP) is 1.45. The summed E-state index contributed by atoms with van der Waals surface area (Å²) in [7, 11) is 2.34. The topological polar surface area (TPSA) is 85.6 Å². The van der Waals surface area contributed by atoms with Crippen LogP contribution in [0.1, 0.15) is 12.0 Å². The molecule has 21 heavy (non-hydrogen) atoms. The van der Waals surface area contributed by atoms with Crippen molar-refractivity contribution in [3.63, 3.8) is 0 Å². The first-order valence-electron chi connectivity index (χ1n) is 6.26. The van der Waals surface area contributed by atoms with Crippen molar-refractivity contribution in [1.82, 2.24) is 0 Å². The maximum Gasteiger partial charge on any atom is 0.329 e. The summed E-state index contributed by atoms with van der Waals surface area (Å²) in [6.45, 7) is -0.0252. The minimum atomic E-state index is -1.70. The van der Waals surface area contributed by atoms with E-state index in [0.29, 0.717) is 0 Å². The van der Waals surface area contributed by atoms with Gasteiger partial charge in [0.15, 0.2) is 5.41 Å². The molecule has 6 heteroatoms. The molecule has 1 rings (SSSR count). The van der Waals surface area contributed by atoms with Crippen LogP contribution in [0.5, 0.6) is 0 Å². The summed E-state index contributed by atoms with van der Waals surface area (Å²) in [5.41, 5.74) is -0.802. The Morgan fingerprint density at radius 1 is 1.19 bits per heavy atom. The van der Waals surface area contributed by atoms with Gasteiger partial charge in [0.25, 0.3) is 0 Å². The first kappa shape index (κ1) is 16.7. The Labute approximate surface area is 123 Å². The number of esters is 2. The molecule has 0 saturated carbocycles. The first-order chi connectivity index (χ1) is 10.1. The summed E-state index contributed by atoms with van der Waals surface area (Å²) in [6, 6.07) is 11.1. The molecule has 0 aliphatic heterocycles. The van der Waals surface area contributed by atoms with E-state index in [2.05, 4.69) is 9.47 Å². The average Bonchev–Trinajstić information content (AvgIpc) is 2.53. The first-order valence-corrected chi connectivity index (χ1v) is 6.26. The molecule has 1 aromatic rings. The third kappa shape index (κ3) is 4.58. The largest absolute Gasteiger partial charge is 0.469 e. The van der Waals surface area contributed by atoms with Gasteiger partial charge < -0.3 is 14.2 Å². The Kier molecular flexibility index (Phi) is 6.37. The molecule has 0 heterocycles. The van der Waals surface area contributed by atoms with Crippen LogP contribution in [0.15, 0.2) is 30.3 Å². The summed E-state index contributed by atoms with van der Waals surface area (Å²) in [5.74, 6) is -1.49. The van der Waals surface area contributed by atoms with Crippen molar-refractivity contribution < 1.29 is 23.8 Å². The van der Waals surface area contributed by atoms with Gasteiger partial charge in [-0.3, -0.25) is 9.59 Å². The number of nitrogens with zero attached hydrogens (tertiary/aromatic N) is 1. The van der Waals surface area contributed by atoms with Gasteiger partial charge in [0.1, 0.15) is 0 Å². The fraction of sp³-hybridized carbons (Fsp3) is 0.400. The van der Waals surface area contributed by atoms with Crippen molar-refractivity contribution in [2.75, 3.05) is 20.8 Å². The van der Waals surface area contributed by atoms with Gasteiger partial charge in [-0.2, -0.15) is 5.26 Å². The van der Waals surface area contributed by atoms with E-state index in [1.54, 1.807) is 0 Å². The number of rotatable bonds is 7. The molecule has 112 valence electrons. The van der Waals surface area contributed by atoms with E-state index in [1.165, 1.54) is 7.11 Å². The van der Waals surface area contributed by atoms with Crippen LogP contribution in [0.25, 0.3) is 0 Å². The molecule has 0 spiro atoms. The van der Waals surface area contributed by atoms with E-state index in [4.69, 9.17) is 4.74 Å². The minimum Gasteiger partial charge on any atom is -0.469 e. The lowest BCUT2D eigenvalue weighted by Gasteiger charge is -2.22. The molecule has 0 N–H and O–H groups in total. The third-order valence-corrected chi connectivity index (χ3v) is 2.92. The number of hydrogen-bond acceptors (Lipinski definition) is 6. The van der Waals surface area contributed by atoms with E-state index >= 15 is 0 Å². The van der Waals surface area contributed by atoms with Crippen LogP contribution >= 0.6 is 0 Å². The molecule has 0 saturated heterocycles. The number of carbonyl (C=O) groups excluding carboxylic acids is 2. The predicted molar refractivity (Wildman–Crippen MR) is 72.8 cm³/mol. The average molecular weight is 291 g/mol. The Hall–Kier alpha value is -2.39. The fourth-order valence-electron chi connectivity index (χ4n) is 1.73. The monoisotopic (exact) mass is 291 g/mol. The van der Waals surface area contributed by atoms with Gasteiger partial charge in [0.2, 0.25) is 0 Å². The van der Waals surface area contributed by atoms with Gasteiger partial charge >= 0.3 is 11.9 Å². The van der Waals surface area contributed by atoms with Crippen LogP contribution in [-0.2, 0) is 30.4 Å². The molecular formula is C15H17NO5. The maximum absolute atomic E-state index is 11.8. The van der Waals surface area contributed by atoms with E-state index in [-0.39, 0.29) is 13.2 Å². The van der Waals surface area contributed by atoms with E-state index < -0.39 is 23.8 Å². The molecule has 0 aliphatic carbocycles. The Balaban J connectivity index is 2.75. The van der Waals surface area contributed by atoms with Gasteiger partial charge in [0, 0.05) is 0 Å². The zero-order chi connectivity index (χ0) is 15.7. The molecule has 1 atom stereocenters. The second-order valence-corrected chi connectivity index (χ2v) is 4.42. The Bertz CT molecular complexity index is 523. The molecule has 0 amide bonds. The van der Waals surface area contributed by atoms with Crippen molar-refractivity contribution in [3.8, 4) is 6.07 Å². The highest BCUT2D eigenvalue weighted by molar-refractivity contribution is 5.86. The lowest BCUT2D eigenvalue weighted by Crippen LogP contribution is -2.38. The van der Waals surface area contributed by atoms with Crippen LogP contribution in [0.3, 0.4) is 0 Å². The highest BCUT2D eigenvalue weighted by Gasteiger charge is 2.43. The lowest BCUT2D eigenvalue weighted by molar-refractivity contribution is -0.159. The molecule has 0 radical (unpaired) electrons. The van der Waals surface area contributed by atoms with Crippen LogP contribution < -0.4 is 0 Å². The molecule has 1 aromatic carbocycles. The molecule has 0 fully saturated rings. The second-order valence-electron chi connectivity index (χ2n) is 4.42. The van der Waals surface area contributed by atoms with E-state index in [1.807, 2.05) is 36.4 Å². The Morgan fingerprint density at radius 3 is 2.38 bits per heavy atom. The quantitative estimate of drug-likeness (QED) is 0.707. The second kappa shape index (κ2) is 8.02. The van der Waals surface area contributed by atoms with Crippen LogP contribution in [0.4, 0.5) is 0 Å². The zero-order valence-electron chi connectivity index (χ0n) is 12.0. The molecule has 6 nitrogen and oxygen atoms in total. The molecule has 0 aliphatic rings. The summed E-state index contributed by atoms with van der Waals surface area (Å²) in [5, 5.41) is 9.28. The van der Waals surface area contributed by atoms with Crippen molar-refractivity contribution in [1.29, 1.82) is 5.26 Å². The summed E-state index contributed by atoms with van der Waals surface area (Å²) in [6.07, 6.45) is -0.415. The van der Waals surface area contributed by atoms with Gasteiger partial charge in [-0.25, -0.2) is 0 Å². The molecular weight excluding hydrogens is 274 g/mol. The smallest absolute Gasteiger partial charge is 0.329 e.